The number of amides is 1. The van der Waals surface area contributed by atoms with Gasteiger partial charge in [-0.25, -0.2) is 9.97 Å². The van der Waals surface area contributed by atoms with Crippen LogP contribution in [0.15, 0.2) is 65.8 Å². The number of aromatic nitrogens is 2. The number of carboxylic acid groups (broad SMARTS) is 1. The van der Waals surface area contributed by atoms with Gasteiger partial charge in [0.05, 0.1) is 17.4 Å². The monoisotopic (exact) mass is 446 g/mol. The molecule has 0 radical (unpaired) electrons. The van der Waals surface area contributed by atoms with E-state index in [4.69, 9.17) is 0 Å². The fraction of sp³-hybridized carbons (Fsp3) is 0.143. The highest BCUT2D eigenvalue weighted by Gasteiger charge is 2.34. The Morgan fingerprint density at radius 3 is 2.29 bits per heavy atom. The third-order valence-corrected chi connectivity index (χ3v) is 4.92. The molecule has 0 saturated carbocycles. The fourth-order valence-corrected chi connectivity index (χ4v) is 3.22. The van der Waals surface area contributed by atoms with Crippen LogP contribution in [0.5, 0.6) is 0 Å². The van der Waals surface area contributed by atoms with Crippen molar-refractivity contribution >= 4 is 23.6 Å². The van der Waals surface area contributed by atoms with Gasteiger partial charge in [0.25, 0.3) is 0 Å². The lowest BCUT2D eigenvalue weighted by Crippen LogP contribution is -2.25. The molecule has 0 bridgehead atoms. The topological polar surface area (TPSA) is 95.0 Å². The fourth-order valence-electron chi connectivity index (χ4n) is 2.53. The van der Waals surface area contributed by atoms with Crippen molar-refractivity contribution in [1.29, 1.82) is 0 Å². The van der Waals surface area contributed by atoms with Crippen molar-refractivity contribution in [3.63, 3.8) is 0 Å². The van der Waals surface area contributed by atoms with Gasteiger partial charge in [-0.3, -0.25) is 4.79 Å². The van der Waals surface area contributed by atoms with E-state index in [1.165, 1.54) is 24.3 Å². The summed E-state index contributed by atoms with van der Waals surface area (Å²) in [7, 11) is 0. The first-order valence-corrected chi connectivity index (χ1v) is 9.92. The Morgan fingerprint density at radius 2 is 1.68 bits per heavy atom. The molecule has 3 rings (SSSR count). The molecule has 1 amide bonds. The van der Waals surface area contributed by atoms with Crippen molar-refractivity contribution in [2.45, 2.75) is 17.9 Å². The van der Waals surface area contributed by atoms with E-state index in [1.807, 2.05) is 0 Å². The van der Waals surface area contributed by atoms with Gasteiger partial charge in [0.15, 0.2) is 5.16 Å². The highest BCUT2D eigenvalue weighted by Crippen LogP contribution is 2.31. The summed E-state index contributed by atoms with van der Waals surface area (Å²) in [5.74, 6) is -1.92. The van der Waals surface area contributed by atoms with E-state index in [-0.39, 0.29) is 28.7 Å². The Kier molecular flexibility index (Phi) is 6.91. The minimum absolute atomic E-state index is 0.0153. The molecule has 160 valence electrons. The maximum atomic E-state index is 13.2. The number of nitrogens with one attached hydrogen (secondary N) is 1. The van der Waals surface area contributed by atoms with Crippen molar-refractivity contribution < 1.29 is 27.9 Å². The second kappa shape index (κ2) is 9.61. The molecule has 3 aromatic rings. The summed E-state index contributed by atoms with van der Waals surface area (Å²) in [5, 5.41) is 13.2. The average Bonchev–Trinajstić information content (AvgIpc) is 2.76. The number of hydrogen-bond acceptors (Lipinski definition) is 6. The first-order valence-electron chi connectivity index (χ1n) is 8.94. The van der Waals surface area contributed by atoms with Crippen LogP contribution in [-0.4, -0.2) is 27.6 Å². The number of carbonyl (C=O) groups excluding carboxylic acids is 2. The minimum atomic E-state index is -4.65. The largest absolute Gasteiger partial charge is 0.545 e. The number of alkyl halides is 3. The summed E-state index contributed by atoms with van der Waals surface area (Å²) in [6.07, 6.45) is -4.65. The van der Waals surface area contributed by atoms with E-state index in [1.54, 1.807) is 30.3 Å². The normalized spacial score (nSPS) is 11.2. The summed E-state index contributed by atoms with van der Waals surface area (Å²) in [4.78, 5) is 30.5. The summed E-state index contributed by atoms with van der Waals surface area (Å²) >= 11 is 0.789. The van der Waals surface area contributed by atoms with Gasteiger partial charge >= 0.3 is 6.18 Å². The first-order chi connectivity index (χ1) is 14.7. The highest BCUT2D eigenvalue weighted by atomic mass is 32.2. The van der Waals surface area contributed by atoms with Crippen LogP contribution < -0.4 is 10.4 Å². The number of rotatable bonds is 7. The van der Waals surface area contributed by atoms with Crippen LogP contribution in [0, 0.1) is 0 Å². The van der Waals surface area contributed by atoms with E-state index in [2.05, 4.69) is 15.3 Å². The van der Waals surface area contributed by atoms with Gasteiger partial charge in [-0.1, -0.05) is 66.4 Å². The SMILES string of the molecule is O=C(CSc1nc(-c2ccccc2)cc(C(F)(F)F)n1)NCc1ccc(C(=O)[O-])cc1. The van der Waals surface area contributed by atoms with Crippen LogP contribution in [0.25, 0.3) is 11.3 Å². The summed E-state index contributed by atoms with van der Waals surface area (Å²) in [6, 6.07) is 15.0. The van der Waals surface area contributed by atoms with Gasteiger partial charge in [0, 0.05) is 12.1 Å². The summed E-state index contributed by atoms with van der Waals surface area (Å²) in [6.45, 7) is 0.130. The highest BCUT2D eigenvalue weighted by molar-refractivity contribution is 7.99. The van der Waals surface area contributed by atoms with Gasteiger partial charge in [-0.15, -0.1) is 0 Å². The number of thioether (sulfide) groups is 1. The van der Waals surface area contributed by atoms with Crippen LogP contribution >= 0.6 is 11.8 Å². The zero-order valence-corrected chi connectivity index (χ0v) is 16.7. The number of aromatic carboxylic acids is 1. The average molecular weight is 446 g/mol. The van der Waals surface area contributed by atoms with E-state index >= 15 is 0 Å². The zero-order valence-electron chi connectivity index (χ0n) is 15.8. The Balaban J connectivity index is 1.66. The minimum Gasteiger partial charge on any atom is -0.545 e. The molecule has 0 spiro atoms. The van der Waals surface area contributed by atoms with Crippen LogP contribution in [0.1, 0.15) is 21.6 Å². The molecule has 1 aromatic heterocycles. The zero-order chi connectivity index (χ0) is 22.4. The molecule has 0 unspecified atom stereocenters. The molecule has 0 fully saturated rings. The van der Waals surface area contributed by atoms with Crippen LogP contribution in [0.3, 0.4) is 0 Å². The number of carboxylic acids is 1. The van der Waals surface area contributed by atoms with Gasteiger partial charge < -0.3 is 15.2 Å². The maximum Gasteiger partial charge on any atom is 0.433 e. The van der Waals surface area contributed by atoms with E-state index in [0.717, 1.165) is 17.8 Å². The number of carbonyl (C=O) groups is 2. The Hall–Kier alpha value is -3.40. The summed E-state index contributed by atoms with van der Waals surface area (Å²) < 4.78 is 39.7. The Labute approximate surface area is 179 Å². The smallest absolute Gasteiger partial charge is 0.433 e. The third-order valence-electron chi connectivity index (χ3n) is 4.08. The van der Waals surface area contributed by atoms with Gasteiger partial charge in [0.2, 0.25) is 5.91 Å². The predicted octanol–water partition coefficient (Wildman–Crippen LogP) is 2.93. The molecule has 0 atom stereocenters. The maximum absolute atomic E-state index is 13.2. The quantitative estimate of drug-likeness (QED) is 0.443. The van der Waals surface area contributed by atoms with E-state index in [0.29, 0.717) is 11.1 Å². The lowest BCUT2D eigenvalue weighted by atomic mass is 10.1. The first kappa shape index (κ1) is 22.3. The van der Waals surface area contributed by atoms with Crippen molar-refractivity contribution in [3.8, 4) is 11.3 Å². The molecule has 10 heteroatoms. The lowest BCUT2D eigenvalue weighted by Gasteiger charge is -2.11. The van der Waals surface area contributed by atoms with E-state index in [9.17, 15) is 27.9 Å². The second-order valence-corrected chi connectivity index (χ2v) is 7.28. The predicted molar refractivity (Wildman–Crippen MR) is 106 cm³/mol. The third kappa shape index (κ3) is 6.29. The van der Waals surface area contributed by atoms with Crippen LogP contribution in [0.4, 0.5) is 13.2 Å². The molecule has 31 heavy (non-hydrogen) atoms. The number of nitrogens with zero attached hydrogens (tertiary/aromatic N) is 2. The van der Waals surface area contributed by atoms with Crippen molar-refractivity contribution in [1.82, 2.24) is 15.3 Å². The molecule has 1 heterocycles. The van der Waals surface area contributed by atoms with Crippen LogP contribution in [-0.2, 0) is 17.5 Å². The van der Waals surface area contributed by atoms with Gasteiger partial charge in [-0.2, -0.15) is 13.2 Å². The summed E-state index contributed by atoms with van der Waals surface area (Å²) in [5.41, 5.74) is 0.199. The molecule has 6 nitrogen and oxygen atoms in total. The van der Waals surface area contributed by atoms with Crippen LogP contribution in [0.2, 0.25) is 0 Å². The Bertz CT molecular complexity index is 1070. The molecule has 0 aliphatic rings. The molecule has 0 aliphatic carbocycles. The molecule has 0 saturated heterocycles. The van der Waals surface area contributed by atoms with Crippen molar-refractivity contribution in [3.05, 3.63) is 77.5 Å². The van der Waals surface area contributed by atoms with Gasteiger partial charge in [-0.05, 0) is 17.2 Å². The standard InChI is InChI=1S/C21H16F3N3O3S/c22-21(23,24)17-10-16(14-4-2-1-3-5-14)26-20(27-17)31-12-18(28)25-11-13-6-8-15(9-7-13)19(29)30/h1-10H,11-12H2,(H,25,28)(H,29,30)/p-1. The number of hydrogen-bond donors (Lipinski definition) is 1. The number of benzene rings is 2. The second-order valence-electron chi connectivity index (χ2n) is 6.33. The number of halogens is 3. The molecule has 1 N–H and O–H groups in total. The molecular formula is C21H15F3N3O3S-. The Morgan fingerprint density at radius 1 is 1.00 bits per heavy atom. The molecular weight excluding hydrogens is 431 g/mol. The van der Waals surface area contributed by atoms with Crippen molar-refractivity contribution in [2.24, 2.45) is 0 Å². The molecule has 2 aromatic carbocycles. The van der Waals surface area contributed by atoms with Crippen molar-refractivity contribution in [2.75, 3.05) is 5.75 Å². The van der Waals surface area contributed by atoms with E-state index < -0.39 is 23.7 Å². The lowest BCUT2D eigenvalue weighted by molar-refractivity contribution is -0.255. The molecule has 0 aliphatic heterocycles. The van der Waals surface area contributed by atoms with Gasteiger partial charge in [0.1, 0.15) is 5.69 Å².